The average molecular weight is 273 g/mol. The van der Waals surface area contributed by atoms with Gasteiger partial charge in [-0.05, 0) is 31.2 Å². The van der Waals surface area contributed by atoms with Crippen molar-refractivity contribution in [2.24, 2.45) is 11.8 Å². The van der Waals surface area contributed by atoms with Gasteiger partial charge in [0, 0.05) is 20.6 Å². The van der Waals surface area contributed by atoms with Gasteiger partial charge in [0.25, 0.3) is 0 Å². The summed E-state index contributed by atoms with van der Waals surface area (Å²) in [5.41, 5.74) is 0. The van der Waals surface area contributed by atoms with Gasteiger partial charge >= 0.3 is 5.97 Å². The summed E-state index contributed by atoms with van der Waals surface area (Å²) in [7, 11) is 3.34. The quantitative estimate of drug-likeness (QED) is 0.649. The Morgan fingerprint density at radius 1 is 1.26 bits per heavy atom. The van der Waals surface area contributed by atoms with Crippen molar-refractivity contribution in [3.8, 4) is 0 Å². The normalized spacial score (nSPS) is 20.3. The Bertz CT molecular complexity index is 281. The number of likely N-dealkylation sites (tertiary alicyclic amines) is 1. The minimum Gasteiger partial charge on any atom is -0.481 e. The first-order valence-corrected chi connectivity index (χ1v) is 6.97. The fourth-order valence-electron chi connectivity index (χ4n) is 2.60. The maximum absolute atomic E-state index is 10.7. The zero-order chi connectivity index (χ0) is 14.5. The van der Waals surface area contributed by atoms with Gasteiger partial charge in [0.15, 0.2) is 5.79 Å². The second-order valence-corrected chi connectivity index (χ2v) is 5.75. The molecule has 0 bridgehead atoms. The van der Waals surface area contributed by atoms with Crippen LogP contribution in [0.3, 0.4) is 0 Å². The van der Waals surface area contributed by atoms with Gasteiger partial charge in [-0.1, -0.05) is 13.8 Å². The van der Waals surface area contributed by atoms with Crippen molar-refractivity contribution in [1.29, 1.82) is 0 Å². The lowest BCUT2D eigenvalue weighted by Crippen LogP contribution is -2.64. The molecule has 0 radical (unpaired) electrons. The van der Waals surface area contributed by atoms with E-state index < -0.39 is 11.8 Å². The van der Waals surface area contributed by atoms with E-state index in [2.05, 4.69) is 18.7 Å². The van der Waals surface area contributed by atoms with Crippen LogP contribution in [-0.4, -0.2) is 55.6 Å². The monoisotopic (exact) mass is 273 g/mol. The lowest BCUT2D eigenvalue weighted by atomic mass is 9.87. The molecule has 5 nitrogen and oxygen atoms in total. The largest absolute Gasteiger partial charge is 0.481 e. The number of ether oxygens (including phenoxy) is 2. The van der Waals surface area contributed by atoms with Crippen LogP contribution >= 0.6 is 0 Å². The Balaban J connectivity index is 2.28. The molecule has 0 amide bonds. The molecule has 1 rings (SSSR count). The Morgan fingerprint density at radius 3 is 2.26 bits per heavy atom. The van der Waals surface area contributed by atoms with Crippen LogP contribution in [0.2, 0.25) is 0 Å². The van der Waals surface area contributed by atoms with Gasteiger partial charge in [-0.25, -0.2) is 0 Å². The highest BCUT2D eigenvalue weighted by atomic mass is 16.7. The Hall–Kier alpha value is -0.650. The minimum absolute atomic E-state index is 0.267. The maximum Gasteiger partial charge on any atom is 0.303 e. The van der Waals surface area contributed by atoms with Gasteiger partial charge in [0.2, 0.25) is 0 Å². The number of methoxy groups -OCH3 is 2. The molecule has 1 atom stereocenters. The fraction of sp³-hybridized carbons (Fsp3) is 0.929. The third kappa shape index (κ3) is 4.75. The van der Waals surface area contributed by atoms with Gasteiger partial charge in [0.05, 0.1) is 13.1 Å². The molecule has 1 unspecified atom stereocenters. The summed E-state index contributed by atoms with van der Waals surface area (Å²) in [6.45, 7) is 6.90. The van der Waals surface area contributed by atoms with E-state index in [-0.39, 0.29) is 6.42 Å². The molecule has 1 aliphatic heterocycles. The molecule has 0 aromatic carbocycles. The third-order valence-corrected chi connectivity index (χ3v) is 4.16. The molecule has 112 valence electrons. The van der Waals surface area contributed by atoms with Crippen LogP contribution in [-0.2, 0) is 14.3 Å². The molecule has 0 aliphatic carbocycles. The molecule has 0 aromatic heterocycles. The summed E-state index contributed by atoms with van der Waals surface area (Å²) >= 11 is 0. The van der Waals surface area contributed by atoms with Crippen molar-refractivity contribution in [1.82, 2.24) is 4.90 Å². The van der Waals surface area contributed by atoms with Gasteiger partial charge in [-0.15, -0.1) is 0 Å². The second-order valence-electron chi connectivity index (χ2n) is 5.75. The SMILES string of the molecule is COC1(OC)CN(CCC(CCC(=O)O)C(C)C)C1. The first kappa shape index (κ1) is 16.4. The molecular formula is C14H27NO4. The van der Waals surface area contributed by atoms with Crippen molar-refractivity contribution in [3.05, 3.63) is 0 Å². The van der Waals surface area contributed by atoms with Gasteiger partial charge in [0.1, 0.15) is 0 Å². The van der Waals surface area contributed by atoms with Crippen LogP contribution in [0.25, 0.3) is 0 Å². The summed E-state index contributed by atoms with van der Waals surface area (Å²) in [6, 6.07) is 0. The van der Waals surface area contributed by atoms with Gasteiger partial charge < -0.3 is 14.6 Å². The predicted molar refractivity (Wildman–Crippen MR) is 73.0 cm³/mol. The van der Waals surface area contributed by atoms with E-state index in [0.717, 1.165) is 32.5 Å². The fourth-order valence-corrected chi connectivity index (χ4v) is 2.60. The number of aliphatic carboxylic acids is 1. The number of carboxylic acid groups (broad SMARTS) is 1. The first-order valence-electron chi connectivity index (χ1n) is 6.97. The second kappa shape index (κ2) is 7.22. The summed E-state index contributed by atoms with van der Waals surface area (Å²) in [5, 5.41) is 8.77. The Labute approximate surface area is 115 Å². The smallest absolute Gasteiger partial charge is 0.303 e. The summed E-state index contributed by atoms with van der Waals surface area (Å²) in [5.74, 6) is -0.132. The maximum atomic E-state index is 10.7. The van der Waals surface area contributed by atoms with Crippen LogP contribution in [0.4, 0.5) is 0 Å². The lowest BCUT2D eigenvalue weighted by molar-refractivity contribution is -0.275. The topological polar surface area (TPSA) is 59.0 Å². The number of rotatable bonds is 9. The predicted octanol–water partition coefficient (Wildman–Crippen LogP) is 1.82. The van der Waals surface area contributed by atoms with Gasteiger partial charge in [-0.3, -0.25) is 9.69 Å². The van der Waals surface area contributed by atoms with Crippen molar-refractivity contribution in [2.45, 2.75) is 38.9 Å². The van der Waals surface area contributed by atoms with E-state index in [1.807, 2.05) is 0 Å². The number of nitrogens with zero attached hydrogens (tertiary/aromatic N) is 1. The van der Waals surface area contributed by atoms with Crippen LogP contribution in [0, 0.1) is 11.8 Å². The van der Waals surface area contributed by atoms with Crippen molar-refractivity contribution < 1.29 is 19.4 Å². The van der Waals surface area contributed by atoms with Gasteiger partial charge in [-0.2, -0.15) is 0 Å². The van der Waals surface area contributed by atoms with E-state index in [9.17, 15) is 4.79 Å². The molecule has 0 saturated carbocycles. The highest BCUT2D eigenvalue weighted by Crippen LogP contribution is 2.28. The number of hydrogen-bond donors (Lipinski definition) is 1. The lowest BCUT2D eigenvalue weighted by Gasteiger charge is -2.48. The van der Waals surface area contributed by atoms with Crippen molar-refractivity contribution in [2.75, 3.05) is 33.9 Å². The Kier molecular flexibility index (Phi) is 6.23. The molecule has 1 saturated heterocycles. The van der Waals surface area contributed by atoms with E-state index in [1.54, 1.807) is 14.2 Å². The van der Waals surface area contributed by atoms with E-state index >= 15 is 0 Å². The number of carboxylic acids is 1. The minimum atomic E-state index is -0.701. The molecule has 0 spiro atoms. The van der Waals surface area contributed by atoms with Crippen molar-refractivity contribution >= 4 is 5.97 Å². The molecule has 0 aromatic rings. The van der Waals surface area contributed by atoms with Crippen LogP contribution in [0.1, 0.15) is 33.1 Å². The number of hydrogen-bond acceptors (Lipinski definition) is 4. The molecule has 1 heterocycles. The van der Waals surface area contributed by atoms with E-state index in [1.165, 1.54) is 0 Å². The zero-order valence-corrected chi connectivity index (χ0v) is 12.5. The standard InChI is InChI=1S/C14H27NO4/c1-11(2)12(5-6-13(16)17)7-8-15-9-14(10-15,18-3)19-4/h11-12H,5-10H2,1-4H3,(H,16,17). The van der Waals surface area contributed by atoms with Crippen LogP contribution < -0.4 is 0 Å². The average Bonchev–Trinajstić information content (AvgIpc) is 2.31. The molecule has 1 fully saturated rings. The first-order chi connectivity index (χ1) is 8.92. The summed E-state index contributed by atoms with van der Waals surface area (Å²) in [6.07, 6.45) is 2.07. The summed E-state index contributed by atoms with van der Waals surface area (Å²) in [4.78, 5) is 12.9. The summed E-state index contributed by atoms with van der Waals surface area (Å²) < 4.78 is 10.7. The molecular weight excluding hydrogens is 246 g/mol. The molecule has 19 heavy (non-hydrogen) atoms. The highest BCUT2D eigenvalue weighted by molar-refractivity contribution is 5.66. The molecule has 1 N–H and O–H groups in total. The van der Waals surface area contributed by atoms with Crippen LogP contribution in [0.15, 0.2) is 0 Å². The van der Waals surface area contributed by atoms with Crippen LogP contribution in [0.5, 0.6) is 0 Å². The van der Waals surface area contributed by atoms with Crippen molar-refractivity contribution in [3.63, 3.8) is 0 Å². The highest BCUT2D eigenvalue weighted by Gasteiger charge is 2.43. The zero-order valence-electron chi connectivity index (χ0n) is 12.5. The Morgan fingerprint density at radius 2 is 1.84 bits per heavy atom. The molecule has 1 aliphatic rings. The van der Waals surface area contributed by atoms with E-state index in [0.29, 0.717) is 11.8 Å². The third-order valence-electron chi connectivity index (χ3n) is 4.16. The van der Waals surface area contributed by atoms with E-state index in [4.69, 9.17) is 14.6 Å². The molecule has 5 heteroatoms. The number of carbonyl (C=O) groups is 1.